The van der Waals surface area contributed by atoms with Gasteiger partial charge in [-0.3, -0.25) is 4.68 Å². The molecular formula is C12H14N6. The first-order chi connectivity index (χ1) is 8.72. The number of nitrogens with one attached hydrogen (secondary N) is 1. The molecule has 92 valence electrons. The molecule has 0 spiro atoms. The van der Waals surface area contributed by atoms with E-state index in [9.17, 15) is 0 Å². The first-order valence-electron chi connectivity index (χ1n) is 5.70. The van der Waals surface area contributed by atoms with Gasteiger partial charge in [0.2, 0.25) is 0 Å². The third-order valence-electron chi connectivity index (χ3n) is 2.55. The highest BCUT2D eigenvalue weighted by molar-refractivity contribution is 5.35. The molecule has 0 aromatic carbocycles. The van der Waals surface area contributed by atoms with E-state index in [1.165, 1.54) is 6.20 Å². The van der Waals surface area contributed by atoms with Crippen LogP contribution in [-0.4, -0.2) is 19.7 Å². The molecule has 0 atom stereocenters. The summed E-state index contributed by atoms with van der Waals surface area (Å²) in [7, 11) is 1.91. The fraction of sp³-hybridized carbons (Fsp3) is 0.333. The molecule has 0 aliphatic rings. The summed E-state index contributed by atoms with van der Waals surface area (Å²) in [4.78, 5) is 8.05. The van der Waals surface area contributed by atoms with Crippen molar-refractivity contribution in [1.82, 2.24) is 19.7 Å². The Hall–Kier alpha value is -2.42. The molecule has 0 saturated carbocycles. The Morgan fingerprint density at radius 3 is 2.83 bits per heavy atom. The Morgan fingerprint density at radius 2 is 2.22 bits per heavy atom. The lowest BCUT2D eigenvalue weighted by molar-refractivity contribution is 0.746. The average molecular weight is 242 g/mol. The topological polar surface area (TPSA) is 79.4 Å². The Labute approximate surface area is 105 Å². The lowest BCUT2D eigenvalue weighted by Crippen LogP contribution is -2.03. The predicted octanol–water partition coefficient (Wildman–Crippen LogP) is 1.26. The molecule has 2 heterocycles. The summed E-state index contributed by atoms with van der Waals surface area (Å²) in [6.45, 7) is 2.73. The van der Waals surface area contributed by atoms with Crippen molar-refractivity contribution in [2.45, 2.75) is 19.9 Å². The molecule has 18 heavy (non-hydrogen) atoms. The zero-order valence-electron chi connectivity index (χ0n) is 10.4. The van der Waals surface area contributed by atoms with Gasteiger partial charge in [0.05, 0.1) is 18.1 Å². The van der Waals surface area contributed by atoms with Crippen LogP contribution in [0, 0.1) is 11.3 Å². The van der Waals surface area contributed by atoms with Crippen molar-refractivity contribution < 1.29 is 0 Å². The molecule has 2 rings (SSSR count). The highest BCUT2D eigenvalue weighted by Gasteiger charge is 2.05. The number of aromatic nitrogens is 4. The van der Waals surface area contributed by atoms with Gasteiger partial charge in [-0.25, -0.2) is 9.97 Å². The van der Waals surface area contributed by atoms with Gasteiger partial charge in [-0.05, 0) is 6.42 Å². The minimum Gasteiger partial charge on any atom is -0.365 e. The molecule has 0 aliphatic carbocycles. The zero-order chi connectivity index (χ0) is 13.0. The van der Waals surface area contributed by atoms with E-state index in [0.29, 0.717) is 18.1 Å². The number of anilines is 1. The van der Waals surface area contributed by atoms with Gasteiger partial charge in [-0.2, -0.15) is 10.4 Å². The minimum absolute atomic E-state index is 0.316. The first kappa shape index (κ1) is 12.0. The molecule has 0 radical (unpaired) electrons. The van der Waals surface area contributed by atoms with E-state index in [0.717, 1.165) is 17.7 Å². The Bertz CT molecular complexity index is 563. The minimum atomic E-state index is 0.316. The second-order valence-electron chi connectivity index (χ2n) is 3.88. The van der Waals surface area contributed by atoms with E-state index in [1.807, 2.05) is 19.3 Å². The Morgan fingerprint density at radius 1 is 1.39 bits per heavy atom. The molecule has 6 heteroatoms. The number of nitrogens with zero attached hydrogens (tertiary/aromatic N) is 5. The SMILES string of the molecule is CCc1nn(C)cc1CNc1cnc(C#N)cn1. The van der Waals surface area contributed by atoms with Crippen molar-refractivity contribution in [3.8, 4) is 6.07 Å². The summed E-state index contributed by atoms with van der Waals surface area (Å²) in [5.41, 5.74) is 2.54. The van der Waals surface area contributed by atoms with Crippen LogP contribution in [0.4, 0.5) is 5.82 Å². The van der Waals surface area contributed by atoms with Crippen molar-refractivity contribution in [3.63, 3.8) is 0 Å². The van der Waals surface area contributed by atoms with Crippen LogP contribution in [0.2, 0.25) is 0 Å². The van der Waals surface area contributed by atoms with Crippen LogP contribution in [0.5, 0.6) is 0 Å². The Balaban J connectivity index is 2.04. The summed E-state index contributed by atoms with van der Waals surface area (Å²) < 4.78 is 1.81. The smallest absolute Gasteiger partial charge is 0.158 e. The third-order valence-corrected chi connectivity index (χ3v) is 2.55. The van der Waals surface area contributed by atoms with Gasteiger partial charge < -0.3 is 5.32 Å². The second-order valence-corrected chi connectivity index (χ2v) is 3.88. The van der Waals surface area contributed by atoms with Gasteiger partial charge in [0.15, 0.2) is 5.69 Å². The molecule has 1 N–H and O–H groups in total. The maximum atomic E-state index is 8.62. The summed E-state index contributed by atoms with van der Waals surface area (Å²) in [6.07, 6.45) is 5.90. The van der Waals surface area contributed by atoms with E-state index in [4.69, 9.17) is 5.26 Å². The maximum absolute atomic E-state index is 8.62. The number of hydrogen-bond acceptors (Lipinski definition) is 5. The van der Waals surface area contributed by atoms with Gasteiger partial charge in [0.1, 0.15) is 11.9 Å². The van der Waals surface area contributed by atoms with Crippen LogP contribution in [-0.2, 0) is 20.0 Å². The van der Waals surface area contributed by atoms with E-state index >= 15 is 0 Å². The first-order valence-corrected chi connectivity index (χ1v) is 5.70. The van der Waals surface area contributed by atoms with Crippen molar-refractivity contribution in [2.75, 3.05) is 5.32 Å². The van der Waals surface area contributed by atoms with Gasteiger partial charge in [-0.15, -0.1) is 0 Å². The molecule has 6 nitrogen and oxygen atoms in total. The highest BCUT2D eigenvalue weighted by Crippen LogP contribution is 2.09. The fourth-order valence-corrected chi connectivity index (χ4v) is 1.69. The van der Waals surface area contributed by atoms with Gasteiger partial charge in [0.25, 0.3) is 0 Å². The van der Waals surface area contributed by atoms with Gasteiger partial charge in [-0.1, -0.05) is 6.92 Å². The van der Waals surface area contributed by atoms with Crippen LogP contribution < -0.4 is 5.32 Å². The van der Waals surface area contributed by atoms with Crippen molar-refractivity contribution in [1.29, 1.82) is 5.26 Å². The predicted molar refractivity (Wildman–Crippen MR) is 66.7 cm³/mol. The molecule has 0 aliphatic heterocycles. The molecule has 0 amide bonds. The number of nitriles is 1. The largest absolute Gasteiger partial charge is 0.365 e. The highest BCUT2D eigenvalue weighted by atomic mass is 15.3. The van der Waals surface area contributed by atoms with E-state index in [1.54, 1.807) is 10.9 Å². The standard InChI is InChI=1S/C12H14N6/c1-3-11-9(8-18(2)17-11)5-15-12-7-14-10(4-13)6-16-12/h6-8H,3,5H2,1-2H3,(H,15,16). The summed E-state index contributed by atoms with van der Waals surface area (Å²) in [5.74, 6) is 0.653. The molecule has 2 aromatic heterocycles. The molecule has 0 bridgehead atoms. The zero-order valence-corrected chi connectivity index (χ0v) is 10.4. The molecule has 2 aromatic rings. The molecular weight excluding hydrogens is 228 g/mol. The van der Waals surface area contributed by atoms with E-state index in [-0.39, 0.29) is 0 Å². The average Bonchev–Trinajstić information content (AvgIpc) is 2.77. The number of hydrogen-bond donors (Lipinski definition) is 1. The van der Waals surface area contributed by atoms with Crippen LogP contribution in [0.25, 0.3) is 0 Å². The summed E-state index contributed by atoms with van der Waals surface area (Å²) >= 11 is 0. The quantitative estimate of drug-likeness (QED) is 0.873. The molecule has 0 saturated heterocycles. The van der Waals surface area contributed by atoms with E-state index < -0.39 is 0 Å². The molecule has 0 unspecified atom stereocenters. The number of aryl methyl sites for hydroxylation is 2. The maximum Gasteiger partial charge on any atom is 0.158 e. The third kappa shape index (κ3) is 2.63. The molecule has 0 fully saturated rings. The number of rotatable bonds is 4. The monoisotopic (exact) mass is 242 g/mol. The van der Waals surface area contributed by atoms with Crippen LogP contribution >= 0.6 is 0 Å². The summed E-state index contributed by atoms with van der Waals surface area (Å²) in [5, 5.41) is 16.2. The van der Waals surface area contributed by atoms with E-state index in [2.05, 4.69) is 27.3 Å². The summed E-state index contributed by atoms with van der Waals surface area (Å²) in [6, 6.07) is 1.93. The lowest BCUT2D eigenvalue weighted by atomic mass is 10.2. The van der Waals surface area contributed by atoms with Crippen molar-refractivity contribution >= 4 is 5.82 Å². The Kier molecular flexibility index (Phi) is 3.53. The lowest BCUT2D eigenvalue weighted by Gasteiger charge is -2.04. The van der Waals surface area contributed by atoms with Crippen LogP contribution in [0.15, 0.2) is 18.6 Å². The second kappa shape index (κ2) is 5.27. The van der Waals surface area contributed by atoms with Crippen molar-refractivity contribution in [2.24, 2.45) is 7.05 Å². The fourth-order valence-electron chi connectivity index (χ4n) is 1.69. The normalized spacial score (nSPS) is 10.1. The van der Waals surface area contributed by atoms with Crippen molar-refractivity contribution in [3.05, 3.63) is 35.5 Å². The van der Waals surface area contributed by atoms with Crippen LogP contribution in [0.1, 0.15) is 23.9 Å². The van der Waals surface area contributed by atoms with Gasteiger partial charge >= 0.3 is 0 Å². The van der Waals surface area contributed by atoms with Gasteiger partial charge in [0, 0.05) is 25.4 Å². The van der Waals surface area contributed by atoms with Crippen LogP contribution in [0.3, 0.4) is 0 Å².